The summed E-state index contributed by atoms with van der Waals surface area (Å²) >= 11 is 2.92. The van der Waals surface area contributed by atoms with Gasteiger partial charge < -0.3 is 5.73 Å². The number of hydrogen-bond donors (Lipinski definition) is 1. The van der Waals surface area contributed by atoms with Crippen LogP contribution in [0.1, 0.15) is 12.8 Å². The predicted octanol–water partition coefficient (Wildman–Crippen LogP) is 2.09. The van der Waals surface area contributed by atoms with E-state index in [1.165, 1.54) is 4.31 Å². The van der Waals surface area contributed by atoms with Gasteiger partial charge in [-0.05, 0) is 47.3 Å². The van der Waals surface area contributed by atoms with E-state index in [9.17, 15) is 17.2 Å². The summed E-state index contributed by atoms with van der Waals surface area (Å²) < 4.78 is 52.8. The first-order valence-electron chi connectivity index (χ1n) is 6.21. The maximum atomic E-state index is 13.8. The van der Waals surface area contributed by atoms with Crippen molar-refractivity contribution >= 4 is 26.0 Å². The number of halogens is 3. The van der Waals surface area contributed by atoms with Crippen molar-refractivity contribution in [2.45, 2.75) is 17.7 Å². The second-order valence-electron chi connectivity index (χ2n) is 4.78. The fourth-order valence-corrected chi connectivity index (χ4v) is 4.87. The Morgan fingerprint density at radius 1 is 1.30 bits per heavy atom. The molecule has 4 nitrogen and oxygen atoms in total. The van der Waals surface area contributed by atoms with E-state index >= 15 is 0 Å². The summed E-state index contributed by atoms with van der Waals surface area (Å²) in [6.45, 7) is 1.11. The summed E-state index contributed by atoms with van der Waals surface area (Å²) in [5, 5.41) is 0. The maximum Gasteiger partial charge on any atom is 0.247 e. The van der Waals surface area contributed by atoms with Crippen molar-refractivity contribution in [2.24, 2.45) is 11.7 Å². The standard InChI is InChI=1S/C12H15BrF2N2O2S/c13-10-5-9(14)6-11(15)12(10)20(18,19)17-3-1-8(7-16)2-4-17/h5-6,8H,1-4,7,16H2. The lowest BCUT2D eigenvalue weighted by Gasteiger charge is -2.30. The molecule has 1 aliphatic heterocycles. The van der Waals surface area contributed by atoms with E-state index in [4.69, 9.17) is 5.73 Å². The van der Waals surface area contributed by atoms with E-state index in [-0.39, 0.29) is 4.47 Å². The Kier molecular flexibility index (Phi) is 4.78. The van der Waals surface area contributed by atoms with Crippen LogP contribution in [0.4, 0.5) is 8.78 Å². The maximum absolute atomic E-state index is 13.8. The van der Waals surface area contributed by atoms with Crippen LogP contribution in [-0.2, 0) is 10.0 Å². The first kappa shape index (κ1) is 15.8. The smallest absolute Gasteiger partial charge is 0.247 e. The average molecular weight is 369 g/mol. The van der Waals surface area contributed by atoms with E-state index in [1.807, 2.05) is 0 Å². The van der Waals surface area contributed by atoms with Crippen molar-refractivity contribution < 1.29 is 17.2 Å². The van der Waals surface area contributed by atoms with E-state index in [2.05, 4.69) is 15.9 Å². The fourth-order valence-electron chi connectivity index (χ4n) is 2.29. The summed E-state index contributed by atoms with van der Waals surface area (Å²) in [6.07, 6.45) is 1.30. The first-order chi connectivity index (χ1) is 9.36. The minimum Gasteiger partial charge on any atom is -0.330 e. The van der Waals surface area contributed by atoms with Crippen molar-refractivity contribution in [1.82, 2.24) is 4.31 Å². The second kappa shape index (κ2) is 6.05. The monoisotopic (exact) mass is 368 g/mol. The molecule has 20 heavy (non-hydrogen) atoms. The topological polar surface area (TPSA) is 63.4 Å². The molecule has 2 rings (SSSR count). The second-order valence-corrected chi connectivity index (χ2v) is 7.51. The Hall–Kier alpha value is -0.570. The van der Waals surface area contributed by atoms with E-state index < -0.39 is 26.6 Å². The van der Waals surface area contributed by atoms with Gasteiger partial charge in [0.2, 0.25) is 10.0 Å². The number of piperidine rings is 1. The molecule has 1 aliphatic rings. The summed E-state index contributed by atoms with van der Waals surface area (Å²) in [5.41, 5.74) is 5.56. The minimum atomic E-state index is -3.97. The van der Waals surface area contributed by atoms with Gasteiger partial charge in [-0.3, -0.25) is 0 Å². The number of nitrogens with zero attached hydrogens (tertiary/aromatic N) is 1. The molecule has 0 aliphatic carbocycles. The molecule has 0 saturated carbocycles. The highest BCUT2D eigenvalue weighted by Crippen LogP contribution is 2.31. The van der Waals surface area contributed by atoms with Crippen molar-refractivity contribution in [3.63, 3.8) is 0 Å². The van der Waals surface area contributed by atoms with Crippen LogP contribution >= 0.6 is 15.9 Å². The van der Waals surface area contributed by atoms with Crippen molar-refractivity contribution in [2.75, 3.05) is 19.6 Å². The molecule has 0 aromatic heterocycles. The van der Waals surface area contributed by atoms with Gasteiger partial charge in [-0.15, -0.1) is 0 Å². The lowest BCUT2D eigenvalue weighted by Crippen LogP contribution is -2.40. The number of rotatable bonds is 3. The molecule has 2 N–H and O–H groups in total. The Morgan fingerprint density at radius 2 is 1.90 bits per heavy atom. The van der Waals surface area contributed by atoms with E-state index in [1.54, 1.807) is 0 Å². The zero-order chi connectivity index (χ0) is 14.9. The van der Waals surface area contributed by atoms with E-state index in [0.717, 1.165) is 6.07 Å². The third kappa shape index (κ3) is 3.03. The Bertz CT molecular complexity index is 578. The highest BCUT2D eigenvalue weighted by atomic mass is 79.9. The highest BCUT2D eigenvalue weighted by Gasteiger charge is 2.33. The molecule has 1 aromatic carbocycles. The SMILES string of the molecule is NCC1CCN(S(=O)(=O)c2c(F)cc(F)cc2Br)CC1. The fraction of sp³-hybridized carbons (Fsp3) is 0.500. The lowest BCUT2D eigenvalue weighted by molar-refractivity contribution is 0.277. The van der Waals surface area contributed by atoms with Crippen molar-refractivity contribution in [3.8, 4) is 0 Å². The largest absolute Gasteiger partial charge is 0.330 e. The Labute approximate surface area is 125 Å². The Balaban J connectivity index is 2.32. The van der Waals surface area contributed by atoms with Gasteiger partial charge in [0, 0.05) is 23.6 Å². The van der Waals surface area contributed by atoms with Crippen LogP contribution in [0.2, 0.25) is 0 Å². The molecule has 1 saturated heterocycles. The van der Waals surface area contributed by atoms with Crippen LogP contribution in [0.3, 0.4) is 0 Å². The first-order valence-corrected chi connectivity index (χ1v) is 8.44. The lowest BCUT2D eigenvalue weighted by atomic mass is 9.99. The summed E-state index contributed by atoms with van der Waals surface area (Å²) in [5.74, 6) is -1.61. The van der Waals surface area contributed by atoms with Gasteiger partial charge in [0.05, 0.1) is 0 Å². The van der Waals surface area contributed by atoms with Crippen LogP contribution in [0.15, 0.2) is 21.5 Å². The molecule has 0 radical (unpaired) electrons. The normalized spacial score (nSPS) is 18.4. The van der Waals surface area contributed by atoms with E-state index in [0.29, 0.717) is 44.5 Å². The quantitative estimate of drug-likeness (QED) is 0.888. The number of nitrogens with two attached hydrogens (primary N) is 1. The zero-order valence-corrected chi connectivity index (χ0v) is 13.1. The van der Waals surface area contributed by atoms with Gasteiger partial charge in [0.15, 0.2) is 0 Å². The number of sulfonamides is 1. The van der Waals surface area contributed by atoms with Crippen LogP contribution in [-0.4, -0.2) is 32.4 Å². The van der Waals surface area contributed by atoms with Crippen LogP contribution in [0.25, 0.3) is 0 Å². The number of benzene rings is 1. The van der Waals surface area contributed by atoms with Gasteiger partial charge in [-0.25, -0.2) is 17.2 Å². The molecule has 1 fully saturated rings. The van der Waals surface area contributed by atoms with Crippen molar-refractivity contribution in [1.29, 1.82) is 0 Å². The van der Waals surface area contributed by atoms with Gasteiger partial charge >= 0.3 is 0 Å². The van der Waals surface area contributed by atoms with Crippen LogP contribution in [0.5, 0.6) is 0 Å². The molecule has 0 unspecified atom stereocenters. The third-order valence-corrected chi connectivity index (χ3v) is 6.33. The molecule has 0 atom stereocenters. The molecule has 0 spiro atoms. The third-order valence-electron chi connectivity index (χ3n) is 3.47. The molecule has 112 valence electrons. The summed E-state index contributed by atoms with van der Waals surface area (Å²) in [4.78, 5) is -0.509. The van der Waals surface area contributed by atoms with Gasteiger partial charge in [-0.2, -0.15) is 4.31 Å². The van der Waals surface area contributed by atoms with Crippen LogP contribution in [0, 0.1) is 17.6 Å². The molecule has 8 heteroatoms. The zero-order valence-electron chi connectivity index (χ0n) is 10.7. The predicted molar refractivity (Wildman–Crippen MR) is 74.6 cm³/mol. The van der Waals surface area contributed by atoms with Gasteiger partial charge in [0.1, 0.15) is 16.5 Å². The Morgan fingerprint density at radius 3 is 2.40 bits per heavy atom. The highest BCUT2D eigenvalue weighted by molar-refractivity contribution is 9.10. The summed E-state index contributed by atoms with van der Waals surface area (Å²) in [7, 11) is -3.97. The van der Waals surface area contributed by atoms with Crippen LogP contribution < -0.4 is 5.73 Å². The molecular weight excluding hydrogens is 354 g/mol. The van der Waals surface area contributed by atoms with Gasteiger partial charge in [0.25, 0.3) is 0 Å². The average Bonchev–Trinajstić information content (AvgIpc) is 2.37. The van der Waals surface area contributed by atoms with Crippen molar-refractivity contribution in [3.05, 3.63) is 28.2 Å². The molecule has 0 bridgehead atoms. The minimum absolute atomic E-state index is 0.101. The molecule has 0 amide bonds. The molecule has 1 aromatic rings. The summed E-state index contributed by atoms with van der Waals surface area (Å²) in [6, 6.07) is 1.52. The molecule has 1 heterocycles. The molecular formula is C12H15BrF2N2O2S. The number of hydrogen-bond acceptors (Lipinski definition) is 3. The van der Waals surface area contributed by atoms with Gasteiger partial charge in [-0.1, -0.05) is 0 Å².